The number of rotatable bonds is 2. The lowest BCUT2D eigenvalue weighted by atomic mass is 10.2. The molecule has 1 unspecified atom stereocenters. The zero-order valence-corrected chi connectivity index (χ0v) is 9.56. The fourth-order valence-electron chi connectivity index (χ4n) is 1.38. The van der Waals surface area contributed by atoms with Gasteiger partial charge in [0.2, 0.25) is 0 Å². The number of aryl methyl sites for hydroxylation is 2. The minimum absolute atomic E-state index is 0.233. The third kappa shape index (κ3) is 2.63. The van der Waals surface area contributed by atoms with Crippen molar-refractivity contribution in [3.8, 4) is 0 Å². The zero-order valence-electron chi connectivity index (χ0n) is 8.66. The third-order valence-corrected chi connectivity index (χ3v) is 3.64. The van der Waals surface area contributed by atoms with E-state index in [1.54, 1.807) is 0 Å². The summed E-state index contributed by atoms with van der Waals surface area (Å²) in [5, 5.41) is 0.988. The van der Waals surface area contributed by atoms with Crippen LogP contribution in [0.3, 0.4) is 0 Å². The van der Waals surface area contributed by atoms with Gasteiger partial charge in [-0.1, -0.05) is 10.6 Å². The van der Waals surface area contributed by atoms with Crippen molar-refractivity contribution in [2.45, 2.75) is 33.4 Å². The maximum Gasteiger partial charge on any atom is 0.379 e. The van der Waals surface area contributed by atoms with Crippen LogP contribution < -0.4 is 5.30 Å². The average Bonchev–Trinajstić information content (AvgIpc) is 2.01. The van der Waals surface area contributed by atoms with Gasteiger partial charge in [0.1, 0.15) is 0 Å². The molecule has 1 aromatic rings. The first kappa shape index (κ1) is 10.4. The van der Waals surface area contributed by atoms with E-state index in [0.29, 0.717) is 0 Å². The molecule has 0 radical (unpaired) electrons. The maximum atomic E-state index is 11.8. The third-order valence-electron chi connectivity index (χ3n) is 1.93. The summed E-state index contributed by atoms with van der Waals surface area (Å²) in [5.74, 6) is 0. The highest BCUT2D eigenvalue weighted by Crippen LogP contribution is 2.27. The molecule has 70 valence electrons. The van der Waals surface area contributed by atoms with E-state index in [2.05, 4.69) is 6.07 Å². The smallest absolute Gasteiger partial charge is 0.0678 e. The molecule has 0 heterocycles. The van der Waals surface area contributed by atoms with E-state index in [9.17, 15) is 4.57 Å². The molecule has 1 nitrogen and oxygen atoms in total. The molecule has 0 spiro atoms. The Kier molecular flexibility index (Phi) is 3.22. The molecule has 1 rings (SSSR count). The van der Waals surface area contributed by atoms with Gasteiger partial charge in [0.25, 0.3) is 0 Å². The summed E-state index contributed by atoms with van der Waals surface area (Å²) in [5.41, 5.74) is 2.62. The van der Waals surface area contributed by atoms with Gasteiger partial charge in [0, 0.05) is 0 Å². The van der Waals surface area contributed by atoms with Crippen LogP contribution in [0, 0.1) is 13.8 Å². The van der Waals surface area contributed by atoms with Crippen molar-refractivity contribution in [2.75, 3.05) is 0 Å². The lowest BCUT2D eigenvalue weighted by Gasteiger charge is -1.97. The SMILES string of the molecule is Cc1cc(C)cc([P+](=O)C(C)C)c1. The molecule has 0 N–H and O–H groups in total. The first-order valence-electron chi connectivity index (χ1n) is 4.55. The highest BCUT2D eigenvalue weighted by molar-refractivity contribution is 7.54. The van der Waals surface area contributed by atoms with Gasteiger partial charge in [0.15, 0.2) is 11.0 Å². The average molecular weight is 195 g/mol. The summed E-state index contributed by atoms with van der Waals surface area (Å²) in [6.45, 7) is 8.08. The Morgan fingerprint density at radius 3 is 1.92 bits per heavy atom. The Morgan fingerprint density at radius 1 is 1.08 bits per heavy atom. The number of hydrogen-bond acceptors (Lipinski definition) is 1. The Bertz CT molecular complexity index is 309. The molecule has 2 heteroatoms. The molecule has 0 saturated carbocycles. The van der Waals surface area contributed by atoms with Crippen LogP contribution >= 0.6 is 7.80 Å². The van der Waals surface area contributed by atoms with Gasteiger partial charge in [-0.2, -0.15) is 0 Å². The highest BCUT2D eigenvalue weighted by Gasteiger charge is 2.24. The fourth-order valence-corrected chi connectivity index (χ4v) is 2.63. The molecule has 1 aromatic carbocycles. The molecule has 0 fully saturated rings. The normalized spacial score (nSPS) is 11.9. The Labute approximate surface area is 81.0 Å². The highest BCUT2D eigenvalue weighted by atomic mass is 31.1. The molecule has 0 aliphatic carbocycles. The molecule has 0 aliphatic rings. The van der Waals surface area contributed by atoms with Gasteiger partial charge in [-0.25, -0.2) is 0 Å². The van der Waals surface area contributed by atoms with Gasteiger partial charge < -0.3 is 0 Å². The fraction of sp³-hybridized carbons (Fsp3) is 0.455. The summed E-state index contributed by atoms with van der Waals surface area (Å²) in [6, 6.07) is 6.14. The van der Waals surface area contributed by atoms with E-state index in [4.69, 9.17) is 0 Å². The van der Waals surface area contributed by atoms with Crippen molar-refractivity contribution < 1.29 is 4.57 Å². The standard InChI is InChI=1S/C11H16OP/c1-8(2)13(12)11-6-9(3)5-10(4)7-11/h5-8H,1-4H3/q+1. The van der Waals surface area contributed by atoms with Gasteiger partial charge in [-0.15, -0.1) is 0 Å². The van der Waals surface area contributed by atoms with Crippen LogP contribution in [0.4, 0.5) is 0 Å². The van der Waals surface area contributed by atoms with Crippen molar-refractivity contribution >= 4 is 13.1 Å². The first-order valence-corrected chi connectivity index (χ1v) is 5.88. The summed E-state index contributed by atoms with van der Waals surface area (Å²) in [6.07, 6.45) is 0. The van der Waals surface area contributed by atoms with E-state index in [0.717, 1.165) is 5.30 Å². The predicted molar refractivity (Wildman–Crippen MR) is 58.3 cm³/mol. The summed E-state index contributed by atoms with van der Waals surface area (Å²) in [7, 11) is -1.22. The van der Waals surface area contributed by atoms with Gasteiger partial charge in [-0.05, 0) is 51.0 Å². The largest absolute Gasteiger partial charge is 0.379 e. The summed E-state index contributed by atoms with van der Waals surface area (Å²) in [4.78, 5) is 0. The quantitative estimate of drug-likeness (QED) is 0.662. The van der Waals surface area contributed by atoms with Crippen molar-refractivity contribution in [1.82, 2.24) is 0 Å². The Balaban J connectivity index is 3.08. The van der Waals surface area contributed by atoms with E-state index in [1.165, 1.54) is 11.1 Å². The minimum atomic E-state index is -1.22. The van der Waals surface area contributed by atoms with E-state index < -0.39 is 7.80 Å². The van der Waals surface area contributed by atoms with Crippen LogP contribution in [-0.4, -0.2) is 5.66 Å². The van der Waals surface area contributed by atoms with E-state index in [1.807, 2.05) is 39.8 Å². The van der Waals surface area contributed by atoms with Crippen LogP contribution in [0.25, 0.3) is 0 Å². The molecule has 0 aliphatic heterocycles. The van der Waals surface area contributed by atoms with Gasteiger partial charge in [0.05, 0.1) is 0 Å². The predicted octanol–water partition coefficient (Wildman–Crippen LogP) is 3.16. The lowest BCUT2D eigenvalue weighted by molar-refractivity contribution is 0.588. The van der Waals surface area contributed by atoms with Crippen LogP contribution in [0.2, 0.25) is 0 Å². The van der Waals surface area contributed by atoms with E-state index in [-0.39, 0.29) is 5.66 Å². The molecule has 13 heavy (non-hydrogen) atoms. The molecular formula is C11H16OP+. The molecule has 1 atom stereocenters. The lowest BCUT2D eigenvalue weighted by Crippen LogP contribution is -2.03. The van der Waals surface area contributed by atoms with E-state index >= 15 is 0 Å². The molecule has 0 saturated heterocycles. The number of hydrogen-bond donors (Lipinski definition) is 0. The second-order valence-electron chi connectivity index (χ2n) is 3.77. The van der Waals surface area contributed by atoms with Crippen LogP contribution in [-0.2, 0) is 4.57 Å². The summed E-state index contributed by atoms with van der Waals surface area (Å²) < 4.78 is 11.8. The minimum Gasteiger partial charge on any atom is -0.0678 e. The van der Waals surface area contributed by atoms with Crippen LogP contribution in [0.15, 0.2) is 18.2 Å². The van der Waals surface area contributed by atoms with Gasteiger partial charge >= 0.3 is 7.80 Å². The van der Waals surface area contributed by atoms with Gasteiger partial charge in [-0.3, -0.25) is 0 Å². The zero-order chi connectivity index (χ0) is 10.0. The monoisotopic (exact) mass is 195 g/mol. The Morgan fingerprint density at radius 2 is 1.54 bits per heavy atom. The molecule has 0 amide bonds. The first-order chi connectivity index (χ1) is 6.00. The maximum absolute atomic E-state index is 11.8. The summed E-state index contributed by atoms with van der Waals surface area (Å²) >= 11 is 0. The second kappa shape index (κ2) is 4.02. The van der Waals surface area contributed by atoms with Crippen molar-refractivity contribution in [3.05, 3.63) is 29.3 Å². The Hall–Kier alpha value is -0.680. The second-order valence-corrected chi connectivity index (χ2v) is 5.97. The molecule has 0 aromatic heterocycles. The van der Waals surface area contributed by atoms with Crippen LogP contribution in [0.5, 0.6) is 0 Å². The van der Waals surface area contributed by atoms with Crippen molar-refractivity contribution in [3.63, 3.8) is 0 Å². The number of benzene rings is 1. The topological polar surface area (TPSA) is 17.1 Å². The molecular weight excluding hydrogens is 179 g/mol. The molecule has 0 bridgehead atoms. The van der Waals surface area contributed by atoms with Crippen molar-refractivity contribution in [1.29, 1.82) is 0 Å². The van der Waals surface area contributed by atoms with Crippen LogP contribution in [0.1, 0.15) is 25.0 Å². The van der Waals surface area contributed by atoms with Crippen molar-refractivity contribution in [2.24, 2.45) is 0 Å².